The molecule has 0 radical (unpaired) electrons. The summed E-state index contributed by atoms with van der Waals surface area (Å²) in [6.07, 6.45) is 0. The maximum atomic E-state index is 12.5. The summed E-state index contributed by atoms with van der Waals surface area (Å²) in [5, 5.41) is 12.1. The third-order valence-corrected chi connectivity index (χ3v) is 5.07. The minimum atomic E-state index is -0.0884. The van der Waals surface area contributed by atoms with Gasteiger partial charge in [0.1, 0.15) is 0 Å². The minimum absolute atomic E-state index is 0.0799. The van der Waals surface area contributed by atoms with E-state index >= 15 is 0 Å². The van der Waals surface area contributed by atoms with Crippen molar-refractivity contribution in [3.63, 3.8) is 0 Å². The molecule has 2 saturated heterocycles. The van der Waals surface area contributed by atoms with Gasteiger partial charge in [0, 0.05) is 43.4 Å². The zero-order valence-corrected chi connectivity index (χ0v) is 13.5. The highest BCUT2D eigenvalue weighted by Crippen LogP contribution is 2.15. The van der Waals surface area contributed by atoms with Crippen LogP contribution in [0.2, 0.25) is 0 Å². The molecule has 0 aromatic heterocycles. The number of amides is 2. The van der Waals surface area contributed by atoms with Crippen molar-refractivity contribution >= 4 is 23.6 Å². The number of thioether (sulfide) groups is 1. The van der Waals surface area contributed by atoms with Crippen LogP contribution in [0.4, 0.5) is 0 Å². The van der Waals surface area contributed by atoms with Gasteiger partial charge in [-0.15, -0.1) is 11.8 Å². The average Bonchev–Trinajstić information content (AvgIpc) is 3.15. The van der Waals surface area contributed by atoms with E-state index < -0.39 is 0 Å². The highest BCUT2D eigenvalue weighted by atomic mass is 32.2. The SMILES string of the molecule is N#Cc1cccc(C(=O)N2CCN(C(=O)C3CSCN3)CC2)c1. The lowest BCUT2D eigenvalue weighted by Crippen LogP contribution is -2.54. The molecule has 0 bridgehead atoms. The van der Waals surface area contributed by atoms with E-state index in [1.54, 1.807) is 40.9 Å². The van der Waals surface area contributed by atoms with Crippen LogP contribution < -0.4 is 5.32 Å². The highest BCUT2D eigenvalue weighted by Gasteiger charge is 2.30. The first-order valence-corrected chi connectivity index (χ1v) is 8.74. The summed E-state index contributed by atoms with van der Waals surface area (Å²) in [5.41, 5.74) is 1.01. The number of piperazine rings is 1. The normalized spacial score (nSPS) is 21.1. The van der Waals surface area contributed by atoms with Crippen LogP contribution in [0.25, 0.3) is 0 Å². The van der Waals surface area contributed by atoms with Gasteiger partial charge >= 0.3 is 0 Å². The molecule has 2 amide bonds. The molecule has 1 atom stereocenters. The van der Waals surface area contributed by atoms with Gasteiger partial charge in [0.25, 0.3) is 5.91 Å². The number of nitrogens with one attached hydrogen (secondary N) is 1. The number of carbonyl (C=O) groups excluding carboxylic acids is 2. The van der Waals surface area contributed by atoms with Gasteiger partial charge in [0.2, 0.25) is 5.91 Å². The molecule has 0 saturated carbocycles. The Morgan fingerprint density at radius 3 is 2.61 bits per heavy atom. The van der Waals surface area contributed by atoms with Crippen molar-refractivity contribution in [3.05, 3.63) is 35.4 Å². The fourth-order valence-electron chi connectivity index (χ4n) is 2.81. The molecule has 2 aliphatic heterocycles. The number of rotatable bonds is 2. The summed E-state index contributed by atoms with van der Waals surface area (Å²) in [6.45, 7) is 2.18. The first kappa shape index (κ1) is 15.8. The topological polar surface area (TPSA) is 76.4 Å². The summed E-state index contributed by atoms with van der Waals surface area (Å²) >= 11 is 1.73. The molecule has 2 fully saturated rings. The zero-order valence-electron chi connectivity index (χ0n) is 12.7. The van der Waals surface area contributed by atoms with E-state index in [0.29, 0.717) is 37.3 Å². The summed E-state index contributed by atoms with van der Waals surface area (Å²) in [7, 11) is 0. The number of nitrogens with zero attached hydrogens (tertiary/aromatic N) is 3. The lowest BCUT2D eigenvalue weighted by Gasteiger charge is -2.36. The Kier molecular flexibility index (Phi) is 4.84. The van der Waals surface area contributed by atoms with Crippen LogP contribution in [0.1, 0.15) is 15.9 Å². The van der Waals surface area contributed by atoms with E-state index in [0.717, 1.165) is 11.6 Å². The first-order valence-electron chi connectivity index (χ1n) is 7.58. The summed E-state index contributed by atoms with van der Waals surface area (Å²) < 4.78 is 0. The molecule has 1 aromatic rings. The first-order chi connectivity index (χ1) is 11.2. The Morgan fingerprint density at radius 2 is 1.96 bits per heavy atom. The summed E-state index contributed by atoms with van der Waals surface area (Å²) in [5.74, 6) is 1.69. The van der Waals surface area contributed by atoms with Crippen molar-refractivity contribution in [2.45, 2.75) is 6.04 Å². The van der Waals surface area contributed by atoms with Crippen LogP contribution >= 0.6 is 11.8 Å². The van der Waals surface area contributed by atoms with Gasteiger partial charge in [-0.3, -0.25) is 14.9 Å². The fraction of sp³-hybridized carbons (Fsp3) is 0.438. The number of hydrogen-bond acceptors (Lipinski definition) is 5. The summed E-state index contributed by atoms with van der Waals surface area (Å²) in [6, 6.07) is 8.69. The molecule has 0 aliphatic carbocycles. The molecular weight excluding hydrogens is 312 g/mol. The van der Waals surface area contributed by atoms with Crippen molar-refractivity contribution < 1.29 is 9.59 Å². The van der Waals surface area contributed by atoms with Gasteiger partial charge in [-0.2, -0.15) is 5.26 Å². The zero-order chi connectivity index (χ0) is 16.2. The van der Waals surface area contributed by atoms with Gasteiger partial charge in [0.15, 0.2) is 0 Å². The Bertz CT molecular complexity index is 644. The minimum Gasteiger partial charge on any atom is -0.338 e. The maximum Gasteiger partial charge on any atom is 0.254 e. The second-order valence-electron chi connectivity index (χ2n) is 5.58. The van der Waals surface area contributed by atoms with E-state index in [1.165, 1.54) is 0 Å². The molecule has 1 aromatic carbocycles. The van der Waals surface area contributed by atoms with Crippen molar-refractivity contribution in [1.29, 1.82) is 5.26 Å². The monoisotopic (exact) mass is 330 g/mol. The molecule has 2 heterocycles. The Hall–Kier alpha value is -2.04. The molecular formula is C16H18N4O2S. The number of nitriles is 1. The van der Waals surface area contributed by atoms with Crippen molar-refractivity contribution in [2.24, 2.45) is 0 Å². The molecule has 7 heteroatoms. The predicted molar refractivity (Wildman–Crippen MR) is 87.9 cm³/mol. The number of carbonyl (C=O) groups is 2. The van der Waals surface area contributed by atoms with E-state index in [2.05, 4.69) is 5.32 Å². The Labute approximate surface area is 139 Å². The lowest BCUT2D eigenvalue weighted by molar-refractivity contribution is -0.134. The second kappa shape index (κ2) is 7.02. The fourth-order valence-corrected chi connectivity index (χ4v) is 3.74. The third kappa shape index (κ3) is 3.49. The Balaban J connectivity index is 1.59. The van der Waals surface area contributed by atoms with Gasteiger partial charge in [-0.05, 0) is 18.2 Å². The van der Waals surface area contributed by atoms with E-state index in [4.69, 9.17) is 5.26 Å². The predicted octanol–water partition coefficient (Wildman–Crippen LogP) is 0.505. The molecule has 120 valence electrons. The van der Waals surface area contributed by atoms with Crippen LogP contribution in [0.5, 0.6) is 0 Å². The van der Waals surface area contributed by atoms with Crippen LogP contribution in [0.3, 0.4) is 0 Å². The average molecular weight is 330 g/mol. The molecule has 1 unspecified atom stereocenters. The van der Waals surface area contributed by atoms with Gasteiger partial charge in [-0.25, -0.2) is 0 Å². The second-order valence-corrected chi connectivity index (χ2v) is 6.61. The van der Waals surface area contributed by atoms with Gasteiger partial charge in [0.05, 0.1) is 17.7 Å². The lowest BCUT2D eigenvalue weighted by atomic mass is 10.1. The van der Waals surface area contributed by atoms with Crippen LogP contribution in [-0.2, 0) is 4.79 Å². The molecule has 1 N–H and O–H groups in total. The third-order valence-electron chi connectivity index (χ3n) is 4.13. The summed E-state index contributed by atoms with van der Waals surface area (Å²) in [4.78, 5) is 28.4. The van der Waals surface area contributed by atoms with Crippen molar-refractivity contribution in [2.75, 3.05) is 37.8 Å². The molecule has 0 spiro atoms. The number of hydrogen-bond donors (Lipinski definition) is 1. The van der Waals surface area contributed by atoms with Crippen molar-refractivity contribution in [1.82, 2.24) is 15.1 Å². The number of benzene rings is 1. The molecule has 6 nitrogen and oxygen atoms in total. The Morgan fingerprint density at radius 1 is 1.22 bits per heavy atom. The smallest absolute Gasteiger partial charge is 0.254 e. The standard InChI is InChI=1S/C16H18N4O2S/c17-9-12-2-1-3-13(8-12)15(21)19-4-6-20(7-5-19)16(22)14-10-23-11-18-14/h1-3,8,14,18H,4-7,10-11H2. The molecule has 23 heavy (non-hydrogen) atoms. The van der Waals surface area contributed by atoms with Crippen molar-refractivity contribution in [3.8, 4) is 6.07 Å². The largest absolute Gasteiger partial charge is 0.338 e. The quantitative estimate of drug-likeness (QED) is 0.855. The van der Waals surface area contributed by atoms with E-state index in [1.807, 2.05) is 11.0 Å². The van der Waals surface area contributed by atoms with Crippen LogP contribution in [-0.4, -0.2) is 65.5 Å². The van der Waals surface area contributed by atoms with E-state index in [9.17, 15) is 9.59 Å². The van der Waals surface area contributed by atoms with E-state index in [-0.39, 0.29) is 17.9 Å². The van der Waals surface area contributed by atoms with Gasteiger partial charge < -0.3 is 9.80 Å². The highest BCUT2D eigenvalue weighted by molar-refractivity contribution is 7.99. The maximum absolute atomic E-state index is 12.5. The van der Waals surface area contributed by atoms with Crippen LogP contribution in [0.15, 0.2) is 24.3 Å². The molecule has 3 rings (SSSR count). The van der Waals surface area contributed by atoms with Crippen LogP contribution in [0, 0.1) is 11.3 Å². The molecule has 2 aliphatic rings. The van der Waals surface area contributed by atoms with Gasteiger partial charge in [-0.1, -0.05) is 6.07 Å².